The molecule has 312 valence electrons. The summed E-state index contributed by atoms with van der Waals surface area (Å²) in [5, 5.41) is 14.0. The van der Waals surface area contributed by atoms with Gasteiger partial charge in [0, 0.05) is 6.42 Å². The second-order valence-corrected chi connectivity index (χ2v) is 18.2. The second-order valence-electron chi connectivity index (χ2n) is 16.8. The van der Waals surface area contributed by atoms with Crippen molar-refractivity contribution in [2.75, 3.05) is 40.9 Å². The maximum Gasteiger partial charge on any atom is 0.472 e. The molecule has 0 aromatic carbocycles. The summed E-state index contributed by atoms with van der Waals surface area (Å²) in [6.45, 7) is 4.90. The number of rotatable bonds is 41. The van der Waals surface area contributed by atoms with E-state index in [0.717, 1.165) is 38.5 Å². The molecular weight excluding hydrogens is 671 g/mol. The molecule has 0 saturated carbocycles. The predicted molar refractivity (Wildman–Crippen MR) is 222 cm³/mol. The molecule has 0 spiro atoms. The molecule has 3 unspecified atom stereocenters. The number of phosphoric acid groups is 1. The zero-order valence-corrected chi connectivity index (χ0v) is 36.2. The Morgan fingerprint density at radius 2 is 0.923 bits per heavy atom. The number of hydrogen-bond acceptors (Lipinski definition) is 5. The molecule has 52 heavy (non-hydrogen) atoms. The van der Waals surface area contributed by atoms with E-state index in [-0.39, 0.29) is 19.1 Å². The largest absolute Gasteiger partial charge is 0.472 e. The van der Waals surface area contributed by atoms with E-state index in [0.29, 0.717) is 23.9 Å². The van der Waals surface area contributed by atoms with Crippen molar-refractivity contribution in [2.24, 2.45) is 0 Å². The molecule has 0 fully saturated rings. The van der Waals surface area contributed by atoms with Gasteiger partial charge in [-0.2, -0.15) is 0 Å². The van der Waals surface area contributed by atoms with Gasteiger partial charge in [0.1, 0.15) is 13.2 Å². The molecule has 8 nitrogen and oxygen atoms in total. The van der Waals surface area contributed by atoms with Gasteiger partial charge in [0.25, 0.3) is 0 Å². The molecule has 0 bridgehead atoms. The molecule has 9 heteroatoms. The predicted octanol–water partition coefficient (Wildman–Crippen LogP) is 12.2. The number of likely N-dealkylation sites (N-methyl/N-ethyl adjacent to an activating group) is 1. The van der Waals surface area contributed by atoms with Gasteiger partial charge in [-0.3, -0.25) is 13.8 Å². The molecule has 0 aliphatic rings. The number of unbranched alkanes of at least 4 members (excludes halogenated alkanes) is 28. The van der Waals surface area contributed by atoms with Gasteiger partial charge >= 0.3 is 7.82 Å². The number of nitrogens with one attached hydrogen (secondary N) is 1. The summed E-state index contributed by atoms with van der Waals surface area (Å²) in [7, 11) is 1.63. The second kappa shape index (κ2) is 36.2. The molecule has 0 aliphatic heterocycles. The first-order valence-electron chi connectivity index (χ1n) is 22.4. The van der Waals surface area contributed by atoms with E-state index in [1.807, 2.05) is 21.1 Å². The average Bonchev–Trinajstić information content (AvgIpc) is 3.09. The van der Waals surface area contributed by atoms with Crippen LogP contribution in [0.25, 0.3) is 0 Å². The molecule has 0 aliphatic carbocycles. The number of carbonyl (C=O) groups excluding carboxylic acids is 1. The van der Waals surface area contributed by atoms with Crippen LogP contribution in [-0.4, -0.2) is 73.4 Å². The average molecular weight is 762 g/mol. The van der Waals surface area contributed by atoms with Gasteiger partial charge in [0.2, 0.25) is 5.91 Å². The van der Waals surface area contributed by atoms with Crippen LogP contribution in [0.2, 0.25) is 0 Å². The van der Waals surface area contributed by atoms with Gasteiger partial charge in [0.15, 0.2) is 0 Å². The van der Waals surface area contributed by atoms with Crippen LogP contribution in [0.4, 0.5) is 0 Å². The highest BCUT2D eigenvalue weighted by Crippen LogP contribution is 2.43. The van der Waals surface area contributed by atoms with Gasteiger partial charge in [0.05, 0.1) is 39.9 Å². The topological polar surface area (TPSA) is 105 Å². The Hall–Kier alpha value is -0.500. The molecule has 0 rings (SSSR count). The smallest absolute Gasteiger partial charge is 0.391 e. The van der Waals surface area contributed by atoms with E-state index >= 15 is 0 Å². The minimum absolute atomic E-state index is 0.0785. The fourth-order valence-electron chi connectivity index (χ4n) is 6.75. The number of aliphatic hydroxyl groups is 1. The van der Waals surface area contributed by atoms with Crippen LogP contribution in [0.5, 0.6) is 0 Å². The van der Waals surface area contributed by atoms with Crippen molar-refractivity contribution in [2.45, 2.75) is 231 Å². The number of nitrogens with zero attached hydrogens (tertiary/aromatic N) is 1. The van der Waals surface area contributed by atoms with Crippen LogP contribution in [-0.2, 0) is 18.4 Å². The Kier molecular flexibility index (Phi) is 35.8. The summed E-state index contributed by atoms with van der Waals surface area (Å²) in [4.78, 5) is 23.1. The fraction of sp³-hybridized carbons (Fsp3) is 0.977. The Morgan fingerprint density at radius 3 is 1.29 bits per heavy atom. The number of amides is 1. The van der Waals surface area contributed by atoms with Gasteiger partial charge < -0.3 is 19.8 Å². The van der Waals surface area contributed by atoms with Crippen molar-refractivity contribution in [3.63, 3.8) is 0 Å². The first-order valence-corrected chi connectivity index (χ1v) is 23.9. The molecular formula is C43H90N2O6P+. The van der Waals surface area contributed by atoms with Crippen LogP contribution >= 0.6 is 7.82 Å². The third-order valence-electron chi connectivity index (χ3n) is 10.4. The SMILES string of the molecule is CCCCCCCCCCCCCCCCCCC(O)C(COP(=O)(O)OCC[N+](C)(C)C)NC(=O)CCCCCCCCCCCCCCCC. The highest BCUT2D eigenvalue weighted by atomic mass is 31.2. The Bertz CT molecular complexity index is 824. The van der Waals surface area contributed by atoms with Crippen LogP contribution in [0.15, 0.2) is 0 Å². The summed E-state index contributed by atoms with van der Waals surface area (Å²) < 4.78 is 23.6. The summed E-state index contributed by atoms with van der Waals surface area (Å²) in [6.07, 6.45) is 38.3. The van der Waals surface area contributed by atoms with E-state index < -0.39 is 20.0 Å². The quantitative estimate of drug-likeness (QED) is 0.0325. The van der Waals surface area contributed by atoms with E-state index in [2.05, 4.69) is 19.2 Å². The molecule has 0 aromatic heterocycles. The minimum Gasteiger partial charge on any atom is -0.391 e. The molecule has 3 N–H and O–H groups in total. The normalized spacial score (nSPS) is 14.4. The highest BCUT2D eigenvalue weighted by molar-refractivity contribution is 7.47. The van der Waals surface area contributed by atoms with Crippen molar-refractivity contribution < 1.29 is 32.9 Å². The Morgan fingerprint density at radius 1 is 0.577 bits per heavy atom. The zero-order chi connectivity index (χ0) is 38.6. The third-order valence-corrected chi connectivity index (χ3v) is 11.3. The van der Waals surface area contributed by atoms with Crippen molar-refractivity contribution >= 4 is 13.7 Å². The fourth-order valence-corrected chi connectivity index (χ4v) is 7.49. The highest BCUT2D eigenvalue weighted by Gasteiger charge is 2.28. The molecule has 3 atom stereocenters. The molecule has 0 aromatic rings. The van der Waals surface area contributed by atoms with Crippen LogP contribution < -0.4 is 5.32 Å². The lowest BCUT2D eigenvalue weighted by Crippen LogP contribution is -2.46. The Balaban J connectivity index is 4.34. The van der Waals surface area contributed by atoms with Crippen molar-refractivity contribution in [3.8, 4) is 0 Å². The van der Waals surface area contributed by atoms with Gasteiger partial charge in [-0.25, -0.2) is 4.57 Å². The zero-order valence-electron chi connectivity index (χ0n) is 35.3. The lowest BCUT2D eigenvalue weighted by atomic mass is 10.0. The number of carbonyl (C=O) groups is 1. The first kappa shape index (κ1) is 51.5. The van der Waals surface area contributed by atoms with Crippen molar-refractivity contribution in [3.05, 3.63) is 0 Å². The Labute approximate surface area is 323 Å². The third kappa shape index (κ3) is 37.8. The first-order chi connectivity index (χ1) is 25.0. The summed E-state index contributed by atoms with van der Waals surface area (Å²) in [6, 6.07) is -0.752. The number of quaternary nitrogens is 1. The van der Waals surface area contributed by atoms with Crippen molar-refractivity contribution in [1.29, 1.82) is 0 Å². The van der Waals surface area contributed by atoms with Gasteiger partial charge in [-0.1, -0.05) is 200 Å². The molecule has 0 saturated heterocycles. The van der Waals surface area contributed by atoms with Crippen LogP contribution in [0.1, 0.15) is 219 Å². The summed E-state index contributed by atoms with van der Waals surface area (Å²) in [5.41, 5.74) is 0. The monoisotopic (exact) mass is 762 g/mol. The van der Waals surface area contributed by atoms with E-state index in [1.54, 1.807) is 0 Å². The maximum atomic E-state index is 12.9. The van der Waals surface area contributed by atoms with Gasteiger partial charge in [-0.15, -0.1) is 0 Å². The lowest BCUT2D eigenvalue weighted by Gasteiger charge is -2.26. The van der Waals surface area contributed by atoms with E-state index in [1.165, 1.54) is 154 Å². The van der Waals surface area contributed by atoms with Crippen molar-refractivity contribution in [1.82, 2.24) is 5.32 Å². The minimum atomic E-state index is -4.30. The summed E-state index contributed by atoms with van der Waals surface area (Å²) in [5.74, 6) is -0.141. The molecule has 1 amide bonds. The van der Waals surface area contributed by atoms with E-state index in [4.69, 9.17) is 9.05 Å². The van der Waals surface area contributed by atoms with Crippen LogP contribution in [0, 0.1) is 0 Å². The van der Waals surface area contributed by atoms with E-state index in [9.17, 15) is 19.4 Å². The lowest BCUT2D eigenvalue weighted by molar-refractivity contribution is -0.870. The molecule has 0 radical (unpaired) electrons. The van der Waals surface area contributed by atoms with Crippen LogP contribution in [0.3, 0.4) is 0 Å². The van der Waals surface area contributed by atoms with Gasteiger partial charge in [-0.05, 0) is 12.8 Å². The number of hydrogen-bond donors (Lipinski definition) is 3. The standard InChI is InChI=1S/C43H89N2O6P/c1-6-8-10-12-14-16-18-20-22-23-24-26-28-30-32-34-36-42(46)41(40-51-52(48,49)50-39-38-45(3,4)5)44-43(47)37-35-33-31-29-27-25-21-19-17-15-13-11-9-7-2/h41-42,46H,6-40H2,1-5H3,(H-,44,47,48,49)/p+1. The maximum absolute atomic E-state index is 12.9. The summed E-state index contributed by atoms with van der Waals surface area (Å²) >= 11 is 0. The number of phosphoric ester groups is 1. The number of aliphatic hydroxyl groups excluding tert-OH is 1. The molecule has 0 heterocycles.